The number of fused-ring (bicyclic) bond motifs is 1. The third kappa shape index (κ3) is 1.68. The molecule has 2 aromatic heterocycles. The Morgan fingerprint density at radius 1 is 1.12 bits per heavy atom. The first-order valence-corrected chi connectivity index (χ1v) is 5.37. The number of hydrogen-bond donors (Lipinski definition) is 2. The molecule has 0 bridgehead atoms. The molecule has 4 heteroatoms. The summed E-state index contributed by atoms with van der Waals surface area (Å²) in [6, 6.07) is 11.3. The molecule has 0 saturated carbocycles. The molecular formula is C13H11N3O. The van der Waals surface area contributed by atoms with E-state index in [1.54, 1.807) is 18.5 Å². The van der Waals surface area contributed by atoms with Gasteiger partial charge in [-0.3, -0.25) is 10.1 Å². The van der Waals surface area contributed by atoms with Crippen molar-refractivity contribution in [2.45, 2.75) is 6.10 Å². The molecule has 4 nitrogen and oxygen atoms in total. The van der Waals surface area contributed by atoms with Crippen molar-refractivity contribution in [2.75, 3.05) is 0 Å². The zero-order valence-electron chi connectivity index (χ0n) is 9.04. The van der Waals surface area contributed by atoms with Gasteiger partial charge in [0.15, 0.2) is 0 Å². The predicted molar refractivity (Wildman–Crippen MR) is 64.4 cm³/mol. The highest BCUT2D eigenvalue weighted by Gasteiger charge is 2.14. The fourth-order valence-corrected chi connectivity index (χ4v) is 1.91. The van der Waals surface area contributed by atoms with Crippen LogP contribution in [-0.4, -0.2) is 20.3 Å². The zero-order chi connectivity index (χ0) is 11.7. The zero-order valence-corrected chi connectivity index (χ0v) is 9.04. The molecule has 0 fully saturated rings. The van der Waals surface area contributed by atoms with E-state index in [0.717, 1.165) is 22.2 Å². The Kier molecular flexibility index (Phi) is 2.34. The minimum atomic E-state index is -0.665. The third-order valence-electron chi connectivity index (χ3n) is 2.79. The van der Waals surface area contributed by atoms with Gasteiger partial charge in [0.05, 0.1) is 11.7 Å². The van der Waals surface area contributed by atoms with Crippen molar-refractivity contribution in [3.05, 3.63) is 59.9 Å². The molecular weight excluding hydrogens is 214 g/mol. The standard InChI is InChI=1S/C13H11N3O/c17-13(9-4-2-1-3-5-9)10-6-7-14-11-8-15-16-12(10)11/h1-8,13,17H,(H,15,16). The quantitative estimate of drug-likeness (QED) is 0.701. The normalized spacial score (nSPS) is 12.8. The van der Waals surface area contributed by atoms with Gasteiger partial charge in [0, 0.05) is 11.8 Å². The maximum atomic E-state index is 10.3. The highest BCUT2D eigenvalue weighted by molar-refractivity contribution is 5.77. The predicted octanol–water partition coefficient (Wildman–Crippen LogP) is 2.04. The molecule has 0 amide bonds. The van der Waals surface area contributed by atoms with Crippen LogP contribution >= 0.6 is 0 Å². The number of nitrogens with one attached hydrogen (secondary N) is 1. The second-order valence-corrected chi connectivity index (χ2v) is 3.84. The number of aromatic nitrogens is 3. The van der Waals surface area contributed by atoms with Gasteiger partial charge in [0.25, 0.3) is 0 Å². The van der Waals surface area contributed by atoms with Gasteiger partial charge in [0.2, 0.25) is 0 Å². The molecule has 0 aliphatic rings. The first-order chi connectivity index (χ1) is 8.36. The van der Waals surface area contributed by atoms with Crippen LogP contribution in [0.2, 0.25) is 0 Å². The third-order valence-corrected chi connectivity index (χ3v) is 2.79. The van der Waals surface area contributed by atoms with Crippen LogP contribution in [0.4, 0.5) is 0 Å². The van der Waals surface area contributed by atoms with Crippen LogP contribution in [0.3, 0.4) is 0 Å². The summed E-state index contributed by atoms with van der Waals surface area (Å²) in [6.45, 7) is 0. The number of hydrogen-bond acceptors (Lipinski definition) is 3. The molecule has 0 spiro atoms. The minimum Gasteiger partial charge on any atom is -0.384 e. The average Bonchev–Trinajstić information content (AvgIpc) is 2.87. The molecule has 1 atom stereocenters. The van der Waals surface area contributed by atoms with Crippen molar-refractivity contribution in [3.8, 4) is 0 Å². The number of aliphatic hydroxyl groups excluding tert-OH is 1. The van der Waals surface area contributed by atoms with Crippen LogP contribution in [0.1, 0.15) is 17.2 Å². The maximum absolute atomic E-state index is 10.3. The number of aromatic amines is 1. The van der Waals surface area contributed by atoms with Crippen molar-refractivity contribution in [3.63, 3.8) is 0 Å². The summed E-state index contributed by atoms with van der Waals surface area (Å²) in [6.07, 6.45) is 2.66. The van der Waals surface area contributed by atoms with Crippen molar-refractivity contribution < 1.29 is 5.11 Å². The van der Waals surface area contributed by atoms with Crippen molar-refractivity contribution >= 4 is 11.0 Å². The van der Waals surface area contributed by atoms with E-state index in [4.69, 9.17) is 0 Å². The van der Waals surface area contributed by atoms with E-state index >= 15 is 0 Å². The molecule has 84 valence electrons. The molecule has 0 aliphatic carbocycles. The number of rotatable bonds is 2. The highest BCUT2D eigenvalue weighted by Crippen LogP contribution is 2.25. The minimum absolute atomic E-state index is 0.665. The van der Waals surface area contributed by atoms with E-state index in [2.05, 4.69) is 15.2 Å². The van der Waals surface area contributed by atoms with Crippen molar-refractivity contribution in [1.82, 2.24) is 15.2 Å². The van der Waals surface area contributed by atoms with Gasteiger partial charge in [-0.1, -0.05) is 30.3 Å². The van der Waals surface area contributed by atoms with E-state index in [-0.39, 0.29) is 0 Å². The SMILES string of the molecule is OC(c1ccccc1)c1ccnc2cn[nH]c12. The van der Waals surface area contributed by atoms with Gasteiger partial charge in [-0.15, -0.1) is 0 Å². The Morgan fingerprint density at radius 3 is 2.76 bits per heavy atom. The fraction of sp³-hybridized carbons (Fsp3) is 0.0769. The van der Waals surface area contributed by atoms with Crippen LogP contribution in [-0.2, 0) is 0 Å². The molecule has 0 radical (unpaired) electrons. The van der Waals surface area contributed by atoms with Gasteiger partial charge in [0.1, 0.15) is 11.6 Å². The number of pyridine rings is 1. The Morgan fingerprint density at radius 2 is 1.94 bits per heavy atom. The Balaban J connectivity index is 2.13. The average molecular weight is 225 g/mol. The lowest BCUT2D eigenvalue weighted by Crippen LogP contribution is -2.00. The summed E-state index contributed by atoms with van der Waals surface area (Å²) in [5.74, 6) is 0. The fourth-order valence-electron chi connectivity index (χ4n) is 1.91. The molecule has 1 aromatic carbocycles. The van der Waals surface area contributed by atoms with Crippen LogP contribution < -0.4 is 0 Å². The van der Waals surface area contributed by atoms with Crippen LogP contribution in [0.25, 0.3) is 11.0 Å². The second-order valence-electron chi connectivity index (χ2n) is 3.84. The van der Waals surface area contributed by atoms with E-state index in [9.17, 15) is 5.11 Å². The number of benzene rings is 1. The van der Waals surface area contributed by atoms with Gasteiger partial charge >= 0.3 is 0 Å². The Labute approximate surface area is 97.9 Å². The molecule has 3 rings (SSSR count). The molecule has 0 aliphatic heterocycles. The summed E-state index contributed by atoms with van der Waals surface area (Å²) < 4.78 is 0. The first kappa shape index (κ1) is 9.99. The summed E-state index contributed by atoms with van der Waals surface area (Å²) in [5.41, 5.74) is 3.19. The molecule has 2 heterocycles. The summed E-state index contributed by atoms with van der Waals surface area (Å²) in [4.78, 5) is 4.17. The van der Waals surface area contributed by atoms with E-state index in [0.29, 0.717) is 0 Å². The number of H-pyrrole nitrogens is 1. The molecule has 3 aromatic rings. The van der Waals surface area contributed by atoms with Gasteiger partial charge in [-0.05, 0) is 11.6 Å². The topological polar surface area (TPSA) is 61.8 Å². The first-order valence-electron chi connectivity index (χ1n) is 5.37. The summed E-state index contributed by atoms with van der Waals surface area (Å²) >= 11 is 0. The Hall–Kier alpha value is -2.20. The monoisotopic (exact) mass is 225 g/mol. The summed E-state index contributed by atoms with van der Waals surface area (Å²) in [7, 11) is 0. The largest absolute Gasteiger partial charge is 0.384 e. The van der Waals surface area contributed by atoms with Crippen molar-refractivity contribution in [1.29, 1.82) is 0 Å². The number of aliphatic hydroxyl groups is 1. The lowest BCUT2D eigenvalue weighted by Gasteiger charge is -2.11. The van der Waals surface area contributed by atoms with Gasteiger partial charge < -0.3 is 5.11 Å². The Bertz CT molecular complexity index is 633. The highest BCUT2D eigenvalue weighted by atomic mass is 16.3. The molecule has 17 heavy (non-hydrogen) atoms. The van der Waals surface area contributed by atoms with Crippen molar-refractivity contribution in [2.24, 2.45) is 0 Å². The lowest BCUT2D eigenvalue weighted by atomic mass is 10.0. The summed E-state index contributed by atoms with van der Waals surface area (Å²) in [5, 5.41) is 17.1. The van der Waals surface area contributed by atoms with E-state index < -0.39 is 6.10 Å². The smallest absolute Gasteiger partial charge is 0.108 e. The number of nitrogens with zero attached hydrogens (tertiary/aromatic N) is 2. The lowest BCUT2D eigenvalue weighted by molar-refractivity contribution is 0.221. The molecule has 2 N–H and O–H groups in total. The van der Waals surface area contributed by atoms with Gasteiger partial charge in [-0.25, -0.2) is 0 Å². The van der Waals surface area contributed by atoms with E-state index in [1.807, 2.05) is 30.3 Å². The van der Waals surface area contributed by atoms with E-state index in [1.165, 1.54) is 0 Å². The second kappa shape index (κ2) is 3.99. The van der Waals surface area contributed by atoms with Crippen LogP contribution in [0.5, 0.6) is 0 Å². The molecule has 0 saturated heterocycles. The molecule has 1 unspecified atom stereocenters. The van der Waals surface area contributed by atoms with Crippen LogP contribution in [0.15, 0.2) is 48.8 Å². The van der Waals surface area contributed by atoms with Crippen LogP contribution in [0, 0.1) is 0 Å². The van der Waals surface area contributed by atoms with Gasteiger partial charge in [-0.2, -0.15) is 5.10 Å². The maximum Gasteiger partial charge on any atom is 0.108 e.